The van der Waals surface area contributed by atoms with Gasteiger partial charge in [0.2, 0.25) is 0 Å². The number of hydrogen-bond donors (Lipinski definition) is 0. The van der Waals surface area contributed by atoms with Gasteiger partial charge in [0, 0.05) is 0 Å². The predicted octanol–water partition coefficient (Wildman–Crippen LogP) is 8.52. The van der Waals surface area contributed by atoms with Gasteiger partial charge in [-0.3, -0.25) is 0 Å². The van der Waals surface area contributed by atoms with Crippen LogP contribution >= 0.6 is 0 Å². The summed E-state index contributed by atoms with van der Waals surface area (Å²) in [6.45, 7) is 2.29. The lowest BCUT2D eigenvalue weighted by atomic mass is 9.80. The molecule has 0 heterocycles. The van der Waals surface area contributed by atoms with Crippen LogP contribution in [0.3, 0.4) is 0 Å². The first kappa shape index (κ1) is 18.6. The molecule has 0 radical (unpaired) electrons. The molecule has 0 amide bonds. The summed E-state index contributed by atoms with van der Waals surface area (Å²) >= 11 is 0. The molecule has 152 valence electrons. The van der Waals surface area contributed by atoms with E-state index in [-0.39, 0.29) is 0 Å². The molecular weight excluding hydrogens is 372 g/mol. The smallest absolute Gasteiger partial charge is 0.00235 e. The van der Waals surface area contributed by atoms with Crippen LogP contribution in [0.2, 0.25) is 0 Å². The van der Waals surface area contributed by atoms with Gasteiger partial charge in [0.15, 0.2) is 0 Å². The number of fused-ring (bicyclic) bond motifs is 3. The Morgan fingerprint density at radius 3 is 1.97 bits per heavy atom. The largest absolute Gasteiger partial charge is 0.0808 e. The molecule has 0 nitrogen and oxygen atoms in total. The maximum Gasteiger partial charge on any atom is -0.00235 e. The molecule has 4 aromatic carbocycles. The second-order valence-electron chi connectivity index (χ2n) is 9.22. The van der Waals surface area contributed by atoms with Crippen molar-refractivity contribution < 1.29 is 0 Å². The highest BCUT2D eigenvalue weighted by Gasteiger charge is 2.21. The highest BCUT2D eigenvalue weighted by atomic mass is 14.2. The van der Waals surface area contributed by atoms with Gasteiger partial charge < -0.3 is 0 Å². The number of benzene rings is 4. The standard InChI is InChI=1S/C31H28/c1-21-17-19-23(20-18-21)30-26-12-4-6-14-28(26)31(29-15-7-5-13-27(29)30)25-16-8-10-22-9-2-3-11-24(22)25/h4-8,10,12-17,19-21H,2-3,9,11,18H2,1H3. The molecule has 2 aliphatic carbocycles. The van der Waals surface area contributed by atoms with E-state index < -0.39 is 0 Å². The Kier molecular flexibility index (Phi) is 4.53. The van der Waals surface area contributed by atoms with Gasteiger partial charge in [0.1, 0.15) is 0 Å². The molecule has 0 N–H and O–H groups in total. The molecular formula is C31H28. The fourth-order valence-electron chi connectivity index (χ4n) is 5.66. The van der Waals surface area contributed by atoms with Crippen LogP contribution in [-0.4, -0.2) is 0 Å². The lowest BCUT2D eigenvalue weighted by Gasteiger charge is -2.24. The normalized spacial score (nSPS) is 18.2. The summed E-state index contributed by atoms with van der Waals surface area (Å²) in [6.07, 6.45) is 13.3. The zero-order valence-electron chi connectivity index (χ0n) is 18.2. The number of hydrogen-bond acceptors (Lipinski definition) is 0. The summed E-state index contributed by atoms with van der Waals surface area (Å²) in [4.78, 5) is 0. The van der Waals surface area contributed by atoms with Gasteiger partial charge in [-0.15, -0.1) is 0 Å². The van der Waals surface area contributed by atoms with Crippen LogP contribution < -0.4 is 0 Å². The van der Waals surface area contributed by atoms with E-state index in [1.165, 1.54) is 69.5 Å². The van der Waals surface area contributed by atoms with E-state index in [1.54, 1.807) is 11.1 Å². The molecule has 4 aromatic rings. The lowest BCUT2D eigenvalue weighted by molar-refractivity contribution is 0.687. The van der Waals surface area contributed by atoms with Crippen LogP contribution in [0, 0.1) is 5.92 Å². The molecule has 0 heteroatoms. The lowest BCUT2D eigenvalue weighted by Crippen LogP contribution is -2.05. The van der Waals surface area contributed by atoms with Crippen molar-refractivity contribution in [2.75, 3.05) is 0 Å². The van der Waals surface area contributed by atoms with Crippen molar-refractivity contribution in [1.29, 1.82) is 0 Å². The minimum absolute atomic E-state index is 0.622. The van der Waals surface area contributed by atoms with Crippen LogP contribution in [0.25, 0.3) is 38.2 Å². The Bertz CT molecular complexity index is 1310. The molecule has 0 saturated carbocycles. The molecule has 0 bridgehead atoms. The summed E-state index contributed by atoms with van der Waals surface area (Å²) in [5.74, 6) is 0.622. The van der Waals surface area contributed by atoms with Gasteiger partial charge in [-0.25, -0.2) is 0 Å². The topological polar surface area (TPSA) is 0 Å². The van der Waals surface area contributed by atoms with E-state index in [0.717, 1.165) is 6.42 Å². The second kappa shape index (κ2) is 7.54. The third-order valence-electron chi connectivity index (χ3n) is 7.20. The van der Waals surface area contributed by atoms with Crippen LogP contribution in [-0.2, 0) is 12.8 Å². The van der Waals surface area contributed by atoms with E-state index in [2.05, 4.69) is 91.9 Å². The van der Waals surface area contributed by atoms with Gasteiger partial charge in [0.05, 0.1) is 0 Å². The van der Waals surface area contributed by atoms with Crippen LogP contribution in [0.4, 0.5) is 0 Å². The summed E-state index contributed by atoms with van der Waals surface area (Å²) in [7, 11) is 0. The minimum atomic E-state index is 0.622. The Balaban J connectivity index is 1.74. The van der Waals surface area contributed by atoms with Crippen molar-refractivity contribution in [3.05, 3.63) is 102 Å². The molecule has 2 aliphatic rings. The zero-order chi connectivity index (χ0) is 20.8. The summed E-state index contributed by atoms with van der Waals surface area (Å²) in [5, 5.41) is 5.50. The third kappa shape index (κ3) is 3.05. The molecule has 0 aliphatic heterocycles. The van der Waals surface area contributed by atoms with Gasteiger partial charge in [-0.1, -0.05) is 91.9 Å². The monoisotopic (exact) mass is 400 g/mol. The van der Waals surface area contributed by atoms with Gasteiger partial charge in [0.25, 0.3) is 0 Å². The van der Waals surface area contributed by atoms with Crippen molar-refractivity contribution in [3.63, 3.8) is 0 Å². The number of aryl methyl sites for hydroxylation is 1. The number of allylic oxidation sites excluding steroid dienone is 4. The molecule has 0 saturated heterocycles. The van der Waals surface area contributed by atoms with Crippen molar-refractivity contribution in [2.24, 2.45) is 5.92 Å². The van der Waals surface area contributed by atoms with E-state index in [1.807, 2.05) is 0 Å². The van der Waals surface area contributed by atoms with E-state index >= 15 is 0 Å². The summed E-state index contributed by atoms with van der Waals surface area (Å²) in [5.41, 5.74) is 8.74. The highest BCUT2D eigenvalue weighted by molar-refractivity contribution is 6.19. The fourth-order valence-corrected chi connectivity index (χ4v) is 5.66. The van der Waals surface area contributed by atoms with Crippen molar-refractivity contribution in [1.82, 2.24) is 0 Å². The zero-order valence-corrected chi connectivity index (χ0v) is 18.2. The van der Waals surface area contributed by atoms with Crippen molar-refractivity contribution in [3.8, 4) is 11.1 Å². The van der Waals surface area contributed by atoms with Crippen molar-refractivity contribution >= 4 is 27.1 Å². The summed E-state index contributed by atoms with van der Waals surface area (Å²) < 4.78 is 0. The van der Waals surface area contributed by atoms with Crippen molar-refractivity contribution in [2.45, 2.75) is 39.0 Å². The molecule has 0 spiro atoms. The Morgan fingerprint density at radius 1 is 0.677 bits per heavy atom. The predicted molar refractivity (Wildman–Crippen MR) is 134 cm³/mol. The maximum atomic E-state index is 2.43. The van der Waals surface area contributed by atoms with E-state index in [9.17, 15) is 0 Å². The van der Waals surface area contributed by atoms with Gasteiger partial charge >= 0.3 is 0 Å². The average molecular weight is 401 g/mol. The molecule has 0 fully saturated rings. The highest BCUT2D eigenvalue weighted by Crippen LogP contribution is 2.44. The third-order valence-corrected chi connectivity index (χ3v) is 7.20. The SMILES string of the molecule is CC1C=CC(c2c3ccccc3c(-c3cccc4c3CCCC4)c3ccccc23)=CC1. The van der Waals surface area contributed by atoms with Crippen LogP contribution in [0.1, 0.15) is 42.9 Å². The first-order chi connectivity index (χ1) is 15.3. The second-order valence-corrected chi connectivity index (χ2v) is 9.22. The number of rotatable bonds is 2. The first-order valence-corrected chi connectivity index (χ1v) is 11.7. The molecule has 6 rings (SSSR count). The van der Waals surface area contributed by atoms with Crippen LogP contribution in [0.15, 0.2) is 85.0 Å². The van der Waals surface area contributed by atoms with Gasteiger partial charge in [-0.05, 0) is 93.0 Å². The summed E-state index contributed by atoms with van der Waals surface area (Å²) in [6, 6.07) is 25.1. The Morgan fingerprint density at radius 2 is 1.32 bits per heavy atom. The Labute approximate surface area is 184 Å². The van der Waals surface area contributed by atoms with E-state index in [0.29, 0.717) is 5.92 Å². The molecule has 31 heavy (non-hydrogen) atoms. The minimum Gasteiger partial charge on any atom is -0.0808 e. The quantitative estimate of drug-likeness (QED) is 0.296. The molecule has 1 atom stereocenters. The fraction of sp³-hybridized carbons (Fsp3) is 0.226. The van der Waals surface area contributed by atoms with Crippen LogP contribution in [0.5, 0.6) is 0 Å². The first-order valence-electron chi connectivity index (χ1n) is 11.7. The Hall–Kier alpha value is -3.12. The average Bonchev–Trinajstić information content (AvgIpc) is 2.83. The molecule has 1 unspecified atom stereocenters. The van der Waals surface area contributed by atoms with E-state index in [4.69, 9.17) is 0 Å². The maximum absolute atomic E-state index is 2.43. The van der Waals surface area contributed by atoms with Gasteiger partial charge in [-0.2, -0.15) is 0 Å². The molecule has 0 aromatic heterocycles.